The second-order valence-electron chi connectivity index (χ2n) is 9.37. The summed E-state index contributed by atoms with van der Waals surface area (Å²) >= 11 is 1.38. The molecule has 1 aliphatic heterocycles. The highest BCUT2D eigenvalue weighted by atomic mass is 32.2. The number of amides is 1. The van der Waals surface area contributed by atoms with Gasteiger partial charge in [0.25, 0.3) is 0 Å². The van der Waals surface area contributed by atoms with Gasteiger partial charge in [-0.1, -0.05) is 75.0 Å². The number of likely N-dealkylation sites (tertiary alicyclic amines) is 1. The van der Waals surface area contributed by atoms with Crippen LogP contribution in [0.1, 0.15) is 39.2 Å². The number of hydrogen-bond acceptors (Lipinski definition) is 6. The molecule has 0 saturated carbocycles. The van der Waals surface area contributed by atoms with Gasteiger partial charge in [-0.25, -0.2) is 8.42 Å². The van der Waals surface area contributed by atoms with E-state index in [0.717, 1.165) is 31.5 Å². The summed E-state index contributed by atoms with van der Waals surface area (Å²) in [4.78, 5) is 15.1. The molecule has 0 N–H and O–H groups in total. The van der Waals surface area contributed by atoms with Crippen molar-refractivity contribution in [1.82, 2.24) is 24.0 Å². The monoisotopic (exact) mass is 541 g/mol. The van der Waals surface area contributed by atoms with Crippen molar-refractivity contribution in [3.05, 3.63) is 60.2 Å². The normalized spacial score (nSPS) is 16.3. The highest BCUT2D eigenvalue weighted by molar-refractivity contribution is 7.99. The average molecular weight is 542 g/mol. The van der Waals surface area contributed by atoms with Gasteiger partial charge in [-0.2, -0.15) is 4.31 Å². The number of thioether (sulfide) groups is 1. The van der Waals surface area contributed by atoms with Gasteiger partial charge in [0.1, 0.15) is 0 Å². The van der Waals surface area contributed by atoms with E-state index in [-0.39, 0.29) is 16.6 Å². The molecule has 4 rings (SSSR count). The van der Waals surface area contributed by atoms with E-state index in [2.05, 4.69) is 17.1 Å². The number of aromatic nitrogens is 3. The molecule has 1 aliphatic rings. The molecular formula is C27H35N5O3S2. The zero-order valence-corrected chi connectivity index (χ0v) is 23.3. The SMILES string of the molecule is CCN(CC)S(=O)(=O)c1cccc(-c2nnc(SCC(=O)N3CCCC(C)C3)n2Cc2ccccc2)c1. The summed E-state index contributed by atoms with van der Waals surface area (Å²) in [5.41, 5.74) is 1.73. The van der Waals surface area contributed by atoms with E-state index in [0.29, 0.717) is 42.1 Å². The molecular weight excluding hydrogens is 506 g/mol. The zero-order chi connectivity index (χ0) is 26.4. The number of piperidine rings is 1. The minimum absolute atomic E-state index is 0.111. The van der Waals surface area contributed by atoms with Crippen LogP contribution < -0.4 is 0 Å². The Labute approximate surface area is 224 Å². The molecule has 37 heavy (non-hydrogen) atoms. The fourth-order valence-electron chi connectivity index (χ4n) is 4.66. The Bertz CT molecular complexity index is 1310. The van der Waals surface area contributed by atoms with E-state index in [1.54, 1.807) is 18.2 Å². The highest BCUT2D eigenvalue weighted by Gasteiger charge is 2.25. The van der Waals surface area contributed by atoms with Gasteiger partial charge < -0.3 is 4.90 Å². The van der Waals surface area contributed by atoms with Crippen LogP contribution in [0.25, 0.3) is 11.4 Å². The highest BCUT2D eigenvalue weighted by Crippen LogP contribution is 2.28. The van der Waals surface area contributed by atoms with Gasteiger partial charge >= 0.3 is 0 Å². The van der Waals surface area contributed by atoms with Crippen LogP contribution in [0.2, 0.25) is 0 Å². The molecule has 2 aromatic carbocycles. The molecule has 0 radical (unpaired) electrons. The first-order valence-corrected chi connectivity index (χ1v) is 15.2. The van der Waals surface area contributed by atoms with Crippen molar-refractivity contribution < 1.29 is 13.2 Å². The second-order valence-corrected chi connectivity index (χ2v) is 12.3. The molecule has 0 aliphatic carbocycles. The van der Waals surface area contributed by atoms with Gasteiger partial charge in [0.15, 0.2) is 11.0 Å². The fraction of sp³-hybridized carbons (Fsp3) is 0.444. The molecule has 3 aromatic rings. The number of carbonyl (C=O) groups is 1. The molecule has 0 spiro atoms. The standard InChI is InChI=1S/C27H35N5O3S2/c1-4-31(5-2)37(34,35)24-15-9-14-23(17-24)26-28-29-27(32(26)19-22-12-7-6-8-13-22)36-20-25(33)30-16-10-11-21(3)18-30/h6-9,12-15,17,21H,4-5,10-11,16,18-20H2,1-3H3. The predicted octanol–water partition coefficient (Wildman–Crippen LogP) is 4.37. The van der Waals surface area contributed by atoms with Crippen LogP contribution in [-0.2, 0) is 21.4 Å². The summed E-state index contributed by atoms with van der Waals surface area (Å²) in [6.07, 6.45) is 2.20. The molecule has 1 saturated heterocycles. The smallest absolute Gasteiger partial charge is 0.243 e. The molecule has 10 heteroatoms. The third-order valence-corrected chi connectivity index (χ3v) is 9.67. The topological polar surface area (TPSA) is 88.4 Å². The maximum atomic E-state index is 13.1. The van der Waals surface area contributed by atoms with Crippen LogP contribution in [0.5, 0.6) is 0 Å². The molecule has 1 aromatic heterocycles. The molecule has 1 fully saturated rings. The Morgan fingerprint density at radius 2 is 1.84 bits per heavy atom. The maximum Gasteiger partial charge on any atom is 0.243 e. The third kappa shape index (κ3) is 6.42. The van der Waals surface area contributed by atoms with Crippen molar-refractivity contribution in [2.24, 2.45) is 5.92 Å². The molecule has 1 atom stereocenters. The van der Waals surface area contributed by atoms with Crippen LogP contribution in [0, 0.1) is 5.92 Å². The van der Waals surface area contributed by atoms with Gasteiger partial charge in [0, 0.05) is 31.7 Å². The van der Waals surface area contributed by atoms with Gasteiger partial charge in [0.05, 0.1) is 17.2 Å². The first kappa shape index (κ1) is 27.3. The zero-order valence-electron chi connectivity index (χ0n) is 21.7. The Kier molecular flexibility index (Phi) is 9.04. The number of sulfonamides is 1. The minimum atomic E-state index is -3.61. The van der Waals surface area contributed by atoms with Crippen LogP contribution in [0.3, 0.4) is 0 Å². The summed E-state index contributed by atoms with van der Waals surface area (Å²) in [5, 5.41) is 9.51. The number of carbonyl (C=O) groups excluding carboxylic acids is 1. The van der Waals surface area contributed by atoms with Crippen molar-refractivity contribution >= 4 is 27.7 Å². The Morgan fingerprint density at radius 3 is 2.54 bits per heavy atom. The van der Waals surface area contributed by atoms with Gasteiger partial charge in [-0.05, 0) is 36.5 Å². The lowest BCUT2D eigenvalue weighted by Crippen LogP contribution is -2.40. The van der Waals surface area contributed by atoms with Crippen molar-refractivity contribution in [3.63, 3.8) is 0 Å². The summed E-state index contributed by atoms with van der Waals surface area (Å²) in [6, 6.07) is 16.8. The summed E-state index contributed by atoms with van der Waals surface area (Å²) in [7, 11) is -3.61. The number of hydrogen-bond donors (Lipinski definition) is 0. The number of nitrogens with zero attached hydrogens (tertiary/aromatic N) is 5. The van der Waals surface area contributed by atoms with Crippen molar-refractivity contribution in [2.75, 3.05) is 31.9 Å². The van der Waals surface area contributed by atoms with Crippen LogP contribution in [0.15, 0.2) is 64.6 Å². The fourth-order valence-corrected chi connectivity index (χ4v) is 7.00. The minimum Gasteiger partial charge on any atom is -0.342 e. The maximum absolute atomic E-state index is 13.1. The first-order chi connectivity index (χ1) is 17.8. The molecule has 1 unspecified atom stereocenters. The lowest BCUT2D eigenvalue weighted by Gasteiger charge is -2.30. The average Bonchev–Trinajstić information content (AvgIpc) is 3.30. The Balaban J connectivity index is 1.64. The van der Waals surface area contributed by atoms with E-state index < -0.39 is 10.0 Å². The van der Waals surface area contributed by atoms with E-state index in [9.17, 15) is 13.2 Å². The molecule has 198 valence electrons. The van der Waals surface area contributed by atoms with Gasteiger partial charge in [-0.3, -0.25) is 9.36 Å². The molecule has 1 amide bonds. The molecule has 2 heterocycles. The Morgan fingerprint density at radius 1 is 1.08 bits per heavy atom. The van der Waals surface area contributed by atoms with Gasteiger partial charge in [0.2, 0.25) is 15.9 Å². The Hall–Kier alpha value is -2.69. The summed E-state index contributed by atoms with van der Waals surface area (Å²) in [5.74, 6) is 1.49. The van der Waals surface area contributed by atoms with Crippen LogP contribution in [-0.4, -0.2) is 70.2 Å². The number of benzene rings is 2. The van der Waals surface area contributed by atoms with Crippen molar-refractivity contribution in [1.29, 1.82) is 0 Å². The molecule has 0 bridgehead atoms. The largest absolute Gasteiger partial charge is 0.342 e. The van der Waals surface area contributed by atoms with E-state index in [1.165, 1.54) is 16.1 Å². The summed E-state index contributed by atoms with van der Waals surface area (Å²) in [6.45, 7) is 8.76. The van der Waals surface area contributed by atoms with Crippen LogP contribution in [0.4, 0.5) is 0 Å². The van der Waals surface area contributed by atoms with Gasteiger partial charge in [-0.15, -0.1) is 10.2 Å². The summed E-state index contributed by atoms with van der Waals surface area (Å²) < 4.78 is 29.7. The number of rotatable bonds is 10. The first-order valence-electron chi connectivity index (χ1n) is 12.8. The van der Waals surface area contributed by atoms with Crippen molar-refractivity contribution in [3.8, 4) is 11.4 Å². The van der Waals surface area contributed by atoms with Crippen LogP contribution >= 0.6 is 11.8 Å². The van der Waals surface area contributed by atoms with Crippen molar-refractivity contribution in [2.45, 2.75) is 50.2 Å². The second kappa shape index (κ2) is 12.2. The lowest BCUT2D eigenvalue weighted by atomic mass is 10.0. The predicted molar refractivity (Wildman–Crippen MR) is 147 cm³/mol. The quantitative estimate of drug-likeness (QED) is 0.354. The lowest BCUT2D eigenvalue weighted by molar-refractivity contribution is -0.130. The van der Waals surface area contributed by atoms with E-state index >= 15 is 0 Å². The van der Waals surface area contributed by atoms with E-state index in [1.807, 2.05) is 59.7 Å². The van der Waals surface area contributed by atoms with E-state index in [4.69, 9.17) is 0 Å². The molecule has 8 nitrogen and oxygen atoms in total. The third-order valence-electron chi connectivity index (χ3n) is 6.67.